The van der Waals surface area contributed by atoms with Crippen LogP contribution >= 0.6 is 0 Å². The van der Waals surface area contributed by atoms with Gasteiger partial charge in [0.15, 0.2) is 0 Å². The molecular weight excluding hydrogens is 240 g/mol. The summed E-state index contributed by atoms with van der Waals surface area (Å²) in [5.41, 5.74) is 0. The Balaban J connectivity index is 2.17. The average molecular weight is 266 g/mol. The molecule has 1 aliphatic heterocycles. The van der Waals surface area contributed by atoms with Gasteiger partial charge in [0.25, 0.3) is 0 Å². The van der Waals surface area contributed by atoms with Crippen LogP contribution in [-0.2, 0) is 4.79 Å². The van der Waals surface area contributed by atoms with Crippen molar-refractivity contribution in [1.29, 1.82) is 0 Å². The first kappa shape index (κ1) is 15.9. The van der Waals surface area contributed by atoms with E-state index in [0.717, 1.165) is 19.0 Å². The topological polar surface area (TPSA) is 52.6 Å². The van der Waals surface area contributed by atoms with Crippen molar-refractivity contribution >= 4 is 5.91 Å². The smallest absolute Gasteiger partial charge is 0.244 e. The van der Waals surface area contributed by atoms with Crippen LogP contribution in [0.1, 0.15) is 26.7 Å². The fourth-order valence-corrected chi connectivity index (χ4v) is 2.14. The summed E-state index contributed by atoms with van der Waals surface area (Å²) in [5.74, 6) is 0.634. The molecule has 0 aromatic rings. The Hall–Kier alpha value is -1.13. The molecule has 1 unspecified atom stereocenters. The molecule has 0 aromatic carbocycles. The number of rotatable bonds is 6. The minimum atomic E-state index is -0.493. The number of carbonyl (C=O) groups excluding carboxylic acids is 1. The Bertz CT molecular complexity index is 318. The van der Waals surface area contributed by atoms with E-state index in [1.807, 2.05) is 13.0 Å². The normalized spacial score (nSPS) is 20.2. The first-order chi connectivity index (χ1) is 9.11. The van der Waals surface area contributed by atoms with Gasteiger partial charge in [-0.25, -0.2) is 0 Å². The maximum atomic E-state index is 11.4. The third kappa shape index (κ3) is 7.13. The number of nitrogens with zero attached hydrogens (tertiary/aromatic N) is 1. The Morgan fingerprint density at radius 2 is 2.11 bits per heavy atom. The molecule has 1 rings (SSSR count). The minimum absolute atomic E-state index is 0.163. The number of allylic oxidation sites excluding steroid dienone is 3. The summed E-state index contributed by atoms with van der Waals surface area (Å²) in [6, 6.07) is 0. The molecule has 0 saturated carbocycles. The summed E-state index contributed by atoms with van der Waals surface area (Å²) >= 11 is 0. The number of hydrogen-bond donors (Lipinski definition) is 2. The van der Waals surface area contributed by atoms with Gasteiger partial charge in [0, 0.05) is 19.2 Å². The number of amides is 1. The molecule has 108 valence electrons. The van der Waals surface area contributed by atoms with Crippen LogP contribution in [0.2, 0.25) is 0 Å². The Labute approximate surface area is 116 Å². The average Bonchev–Trinajstić information content (AvgIpc) is 2.39. The molecule has 19 heavy (non-hydrogen) atoms. The number of aliphatic hydroxyl groups excluding tert-OH is 1. The molecule has 1 aliphatic rings. The molecule has 0 spiro atoms. The standard InChI is InChI=1S/C15H26N2O2/c1-3-4-5-6-15(19)16-11-14(18)12-17-9-7-13(2)8-10-17/h3-6,13-14,18H,7-12H2,1-2H3,(H,16,19). The predicted octanol–water partition coefficient (Wildman–Crippen LogP) is 1.33. The summed E-state index contributed by atoms with van der Waals surface area (Å²) in [6.07, 6.45) is 8.72. The van der Waals surface area contributed by atoms with Crippen molar-refractivity contribution in [2.75, 3.05) is 26.2 Å². The molecule has 4 heteroatoms. The number of nitrogens with one attached hydrogen (secondary N) is 1. The van der Waals surface area contributed by atoms with Crippen molar-refractivity contribution < 1.29 is 9.90 Å². The fourth-order valence-electron chi connectivity index (χ4n) is 2.14. The van der Waals surface area contributed by atoms with Gasteiger partial charge in [-0.05, 0) is 38.8 Å². The quantitative estimate of drug-likeness (QED) is 0.563. The first-order valence-electron chi connectivity index (χ1n) is 7.09. The van der Waals surface area contributed by atoms with Gasteiger partial charge < -0.3 is 15.3 Å². The van der Waals surface area contributed by atoms with Gasteiger partial charge in [-0.1, -0.05) is 25.2 Å². The van der Waals surface area contributed by atoms with Crippen molar-refractivity contribution in [2.45, 2.75) is 32.8 Å². The highest BCUT2D eigenvalue weighted by molar-refractivity contribution is 5.87. The Morgan fingerprint density at radius 1 is 1.42 bits per heavy atom. The third-order valence-corrected chi connectivity index (χ3v) is 3.41. The summed E-state index contributed by atoms with van der Waals surface area (Å²) in [7, 11) is 0. The number of piperidine rings is 1. The summed E-state index contributed by atoms with van der Waals surface area (Å²) < 4.78 is 0. The Morgan fingerprint density at radius 3 is 2.74 bits per heavy atom. The lowest BCUT2D eigenvalue weighted by atomic mass is 9.99. The molecule has 0 aliphatic carbocycles. The second-order valence-corrected chi connectivity index (χ2v) is 5.27. The van der Waals surface area contributed by atoms with Crippen LogP contribution < -0.4 is 5.32 Å². The second kappa shape index (κ2) is 8.88. The van der Waals surface area contributed by atoms with E-state index in [1.54, 1.807) is 12.2 Å². The van der Waals surface area contributed by atoms with Crippen LogP contribution in [0.5, 0.6) is 0 Å². The molecular formula is C15H26N2O2. The number of carbonyl (C=O) groups is 1. The van der Waals surface area contributed by atoms with E-state index < -0.39 is 6.10 Å². The SMILES string of the molecule is CC=CC=CC(=O)NCC(O)CN1CCC(C)CC1. The number of hydrogen-bond acceptors (Lipinski definition) is 3. The molecule has 2 N–H and O–H groups in total. The molecule has 1 heterocycles. The second-order valence-electron chi connectivity index (χ2n) is 5.27. The van der Waals surface area contributed by atoms with E-state index in [9.17, 15) is 9.90 Å². The van der Waals surface area contributed by atoms with Gasteiger partial charge >= 0.3 is 0 Å². The van der Waals surface area contributed by atoms with Crippen molar-refractivity contribution in [2.24, 2.45) is 5.92 Å². The highest BCUT2D eigenvalue weighted by atomic mass is 16.3. The summed E-state index contributed by atoms with van der Waals surface area (Å²) in [5, 5.41) is 12.6. The van der Waals surface area contributed by atoms with Gasteiger partial charge in [-0.2, -0.15) is 0 Å². The van der Waals surface area contributed by atoms with Crippen molar-refractivity contribution in [3.8, 4) is 0 Å². The first-order valence-corrected chi connectivity index (χ1v) is 7.09. The molecule has 1 amide bonds. The molecule has 0 bridgehead atoms. The maximum Gasteiger partial charge on any atom is 0.244 e. The molecule has 1 atom stereocenters. The predicted molar refractivity (Wildman–Crippen MR) is 77.8 cm³/mol. The van der Waals surface area contributed by atoms with Crippen LogP contribution in [0.4, 0.5) is 0 Å². The van der Waals surface area contributed by atoms with Gasteiger partial charge in [-0.15, -0.1) is 0 Å². The van der Waals surface area contributed by atoms with Crippen molar-refractivity contribution in [3.05, 3.63) is 24.3 Å². The van der Waals surface area contributed by atoms with E-state index in [4.69, 9.17) is 0 Å². The molecule has 1 fully saturated rings. The zero-order valence-corrected chi connectivity index (χ0v) is 12.0. The van der Waals surface area contributed by atoms with Crippen molar-refractivity contribution in [1.82, 2.24) is 10.2 Å². The lowest BCUT2D eigenvalue weighted by Gasteiger charge is -2.31. The van der Waals surface area contributed by atoms with E-state index in [0.29, 0.717) is 13.1 Å². The van der Waals surface area contributed by atoms with Crippen LogP contribution in [-0.4, -0.2) is 48.2 Å². The summed E-state index contributed by atoms with van der Waals surface area (Å²) in [6.45, 7) is 7.22. The number of likely N-dealkylation sites (tertiary alicyclic amines) is 1. The highest BCUT2D eigenvalue weighted by Gasteiger charge is 2.18. The molecule has 0 radical (unpaired) electrons. The molecule has 1 saturated heterocycles. The fraction of sp³-hybridized carbons (Fsp3) is 0.667. The largest absolute Gasteiger partial charge is 0.390 e. The lowest BCUT2D eigenvalue weighted by molar-refractivity contribution is -0.117. The van der Waals surface area contributed by atoms with Crippen molar-refractivity contribution in [3.63, 3.8) is 0 Å². The third-order valence-electron chi connectivity index (χ3n) is 3.41. The van der Waals surface area contributed by atoms with Crippen LogP contribution in [0, 0.1) is 5.92 Å². The van der Waals surface area contributed by atoms with Gasteiger partial charge in [0.05, 0.1) is 6.10 Å². The maximum absolute atomic E-state index is 11.4. The number of aliphatic hydroxyl groups is 1. The highest BCUT2D eigenvalue weighted by Crippen LogP contribution is 2.15. The van der Waals surface area contributed by atoms with Gasteiger partial charge in [0.1, 0.15) is 0 Å². The van der Waals surface area contributed by atoms with Crippen LogP contribution in [0.15, 0.2) is 24.3 Å². The van der Waals surface area contributed by atoms with E-state index in [2.05, 4.69) is 17.1 Å². The zero-order chi connectivity index (χ0) is 14.1. The van der Waals surface area contributed by atoms with E-state index in [1.165, 1.54) is 18.9 Å². The molecule has 4 nitrogen and oxygen atoms in total. The molecule has 0 aromatic heterocycles. The van der Waals surface area contributed by atoms with Crippen LogP contribution in [0.3, 0.4) is 0 Å². The lowest BCUT2D eigenvalue weighted by Crippen LogP contribution is -2.42. The Kier molecular flexibility index (Phi) is 7.45. The summed E-state index contributed by atoms with van der Waals surface area (Å²) in [4.78, 5) is 13.7. The van der Waals surface area contributed by atoms with E-state index >= 15 is 0 Å². The van der Waals surface area contributed by atoms with Gasteiger partial charge in [0.2, 0.25) is 5.91 Å². The van der Waals surface area contributed by atoms with E-state index in [-0.39, 0.29) is 5.91 Å². The number of β-amino-alcohol motifs (C(OH)–C–C–N with tert-alkyl or cyclic N) is 1. The minimum Gasteiger partial charge on any atom is -0.390 e. The monoisotopic (exact) mass is 266 g/mol. The van der Waals surface area contributed by atoms with Gasteiger partial charge in [-0.3, -0.25) is 4.79 Å². The van der Waals surface area contributed by atoms with Crippen LogP contribution in [0.25, 0.3) is 0 Å². The zero-order valence-electron chi connectivity index (χ0n) is 12.0.